The van der Waals surface area contributed by atoms with Gasteiger partial charge >= 0.3 is 0 Å². The predicted molar refractivity (Wildman–Crippen MR) is 69.6 cm³/mol. The van der Waals surface area contributed by atoms with E-state index < -0.39 is 0 Å². The van der Waals surface area contributed by atoms with Crippen LogP contribution in [-0.4, -0.2) is 41.1 Å². The third-order valence-electron chi connectivity index (χ3n) is 2.80. The van der Waals surface area contributed by atoms with Gasteiger partial charge in [0, 0.05) is 26.2 Å². The number of nitrogens with one attached hydrogen (secondary N) is 2. The summed E-state index contributed by atoms with van der Waals surface area (Å²) < 4.78 is 0. The Hall–Kier alpha value is -1.59. The molecule has 1 saturated carbocycles. The normalized spacial score (nSPS) is 14.5. The molecule has 2 N–H and O–H groups in total. The van der Waals surface area contributed by atoms with Crippen LogP contribution in [0.25, 0.3) is 0 Å². The number of rotatable bonds is 6. The van der Waals surface area contributed by atoms with Gasteiger partial charge in [0.05, 0.1) is 0 Å². The molecule has 6 heteroatoms. The summed E-state index contributed by atoms with van der Waals surface area (Å²) >= 11 is 0. The SMILES string of the molecule is CCN(CC)c1nc(NC)nc(NC2CC2)n1. The van der Waals surface area contributed by atoms with Crippen molar-refractivity contribution in [3.05, 3.63) is 0 Å². The second-order valence-corrected chi connectivity index (χ2v) is 4.12. The zero-order valence-electron chi connectivity index (χ0n) is 10.7. The van der Waals surface area contributed by atoms with Crippen LogP contribution < -0.4 is 15.5 Å². The summed E-state index contributed by atoms with van der Waals surface area (Å²) in [5.74, 6) is 2.02. The number of hydrogen-bond donors (Lipinski definition) is 2. The summed E-state index contributed by atoms with van der Waals surface area (Å²) in [6.07, 6.45) is 2.42. The van der Waals surface area contributed by atoms with Crippen molar-refractivity contribution in [1.29, 1.82) is 0 Å². The maximum absolute atomic E-state index is 4.46. The van der Waals surface area contributed by atoms with Crippen molar-refractivity contribution in [3.63, 3.8) is 0 Å². The van der Waals surface area contributed by atoms with Gasteiger partial charge in [0.2, 0.25) is 17.8 Å². The standard InChI is InChI=1S/C11H20N6/c1-4-17(5-2)11-15-9(12-3)14-10(16-11)13-8-6-7-8/h8H,4-7H2,1-3H3,(H2,12,13,14,15,16). The molecule has 1 aromatic heterocycles. The molecular formula is C11H20N6. The molecule has 1 aliphatic rings. The summed E-state index contributed by atoms with van der Waals surface area (Å²) in [7, 11) is 1.82. The minimum atomic E-state index is 0.548. The predicted octanol–water partition coefficient (Wildman–Crippen LogP) is 1.33. The highest BCUT2D eigenvalue weighted by Gasteiger charge is 2.22. The molecule has 94 valence electrons. The molecular weight excluding hydrogens is 216 g/mol. The highest BCUT2D eigenvalue weighted by molar-refractivity contribution is 5.44. The van der Waals surface area contributed by atoms with Gasteiger partial charge < -0.3 is 15.5 Å². The van der Waals surface area contributed by atoms with E-state index in [0.717, 1.165) is 19.0 Å². The Morgan fingerprint density at radius 1 is 1.12 bits per heavy atom. The topological polar surface area (TPSA) is 66.0 Å². The number of hydrogen-bond acceptors (Lipinski definition) is 6. The Kier molecular flexibility index (Phi) is 3.61. The van der Waals surface area contributed by atoms with E-state index in [1.807, 2.05) is 7.05 Å². The van der Waals surface area contributed by atoms with Gasteiger partial charge in [0.25, 0.3) is 0 Å². The lowest BCUT2D eigenvalue weighted by atomic mass is 10.5. The Bertz CT molecular complexity index is 372. The van der Waals surface area contributed by atoms with Gasteiger partial charge in [-0.15, -0.1) is 0 Å². The van der Waals surface area contributed by atoms with Crippen molar-refractivity contribution in [2.45, 2.75) is 32.7 Å². The summed E-state index contributed by atoms with van der Waals surface area (Å²) in [6, 6.07) is 0.548. The first-order valence-electron chi connectivity index (χ1n) is 6.22. The number of nitrogens with zero attached hydrogens (tertiary/aromatic N) is 4. The van der Waals surface area contributed by atoms with Crippen LogP contribution in [0, 0.1) is 0 Å². The lowest BCUT2D eigenvalue weighted by Crippen LogP contribution is -2.25. The van der Waals surface area contributed by atoms with E-state index in [9.17, 15) is 0 Å². The van der Waals surface area contributed by atoms with Gasteiger partial charge in [0.1, 0.15) is 0 Å². The molecule has 2 rings (SSSR count). The molecule has 0 radical (unpaired) electrons. The molecule has 0 unspecified atom stereocenters. The molecule has 0 amide bonds. The molecule has 0 atom stereocenters. The molecule has 1 fully saturated rings. The lowest BCUT2D eigenvalue weighted by molar-refractivity contribution is 0.812. The van der Waals surface area contributed by atoms with E-state index in [0.29, 0.717) is 17.9 Å². The molecule has 1 heterocycles. The van der Waals surface area contributed by atoms with Crippen molar-refractivity contribution in [3.8, 4) is 0 Å². The zero-order chi connectivity index (χ0) is 12.3. The fourth-order valence-corrected chi connectivity index (χ4v) is 1.60. The van der Waals surface area contributed by atoms with Gasteiger partial charge in [-0.3, -0.25) is 0 Å². The fraction of sp³-hybridized carbons (Fsp3) is 0.727. The summed E-state index contributed by atoms with van der Waals surface area (Å²) in [5.41, 5.74) is 0. The number of aromatic nitrogens is 3. The molecule has 0 aromatic carbocycles. The first-order chi connectivity index (χ1) is 8.26. The van der Waals surface area contributed by atoms with Crippen LogP contribution in [0.1, 0.15) is 26.7 Å². The first-order valence-corrected chi connectivity index (χ1v) is 6.22. The van der Waals surface area contributed by atoms with Crippen LogP contribution in [0.15, 0.2) is 0 Å². The van der Waals surface area contributed by atoms with E-state index in [1.54, 1.807) is 0 Å². The van der Waals surface area contributed by atoms with Crippen LogP contribution in [0.3, 0.4) is 0 Å². The Morgan fingerprint density at radius 3 is 2.29 bits per heavy atom. The Morgan fingerprint density at radius 2 is 1.76 bits per heavy atom. The lowest BCUT2D eigenvalue weighted by Gasteiger charge is -2.19. The van der Waals surface area contributed by atoms with Gasteiger partial charge in [-0.1, -0.05) is 0 Å². The van der Waals surface area contributed by atoms with Gasteiger partial charge in [-0.2, -0.15) is 15.0 Å². The molecule has 0 saturated heterocycles. The summed E-state index contributed by atoms with van der Waals surface area (Å²) in [6.45, 7) is 5.99. The molecule has 0 aliphatic heterocycles. The zero-order valence-corrected chi connectivity index (χ0v) is 10.7. The van der Waals surface area contributed by atoms with Crippen molar-refractivity contribution in [2.24, 2.45) is 0 Å². The number of anilines is 3. The van der Waals surface area contributed by atoms with E-state index in [-0.39, 0.29) is 0 Å². The van der Waals surface area contributed by atoms with Crippen molar-refractivity contribution >= 4 is 17.8 Å². The monoisotopic (exact) mass is 236 g/mol. The van der Waals surface area contributed by atoms with Crippen molar-refractivity contribution < 1.29 is 0 Å². The van der Waals surface area contributed by atoms with Gasteiger partial charge in [-0.05, 0) is 26.7 Å². The van der Waals surface area contributed by atoms with Crippen LogP contribution in [-0.2, 0) is 0 Å². The third kappa shape index (κ3) is 2.95. The van der Waals surface area contributed by atoms with Crippen LogP contribution >= 0.6 is 0 Å². The van der Waals surface area contributed by atoms with E-state index in [4.69, 9.17) is 0 Å². The first kappa shape index (κ1) is 11.9. The molecule has 1 aliphatic carbocycles. The van der Waals surface area contributed by atoms with E-state index in [1.165, 1.54) is 12.8 Å². The van der Waals surface area contributed by atoms with Crippen molar-refractivity contribution in [1.82, 2.24) is 15.0 Å². The van der Waals surface area contributed by atoms with Gasteiger partial charge in [0.15, 0.2) is 0 Å². The Labute approximate surface area is 102 Å². The van der Waals surface area contributed by atoms with E-state index in [2.05, 4.69) is 44.3 Å². The maximum atomic E-state index is 4.46. The molecule has 1 aromatic rings. The van der Waals surface area contributed by atoms with Crippen LogP contribution in [0.5, 0.6) is 0 Å². The largest absolute Gasteiger partial charge is 0.357 e. The highest BCUT2D eigenvalue weighted by Crippen LogP contribution is 2.24. The van der Waals surface area contributed by atoms with E-state index >= 15 is 0 Å². The second kappa shape index (κ2) is 5.16. The third-order valence-corrected chi connectivity index (χ3v) is 2.80. The van der Waals surface area contributed by atoms with Crippen LogP contribution in [0.2, 0.25) is 0 Å². The molecule has 0 spiro atoms. The smallest absolute Gasteiger partial charge is 0.231 e. The average molecular weight is 236 g/mol. The average Bonchev–Trinajstić information content (AvgIpc) is 3.14. The molecule has 17 heavy (non-hydrogen) atoms. The fourth-order valence-electron chi connectivity index (χ4n) is 1.60. The second-order valence-electron chi connectivity index (χ2n) is 4.12. The van der Waals surface area contributed by atoms with Gasteiger partial charge in [-0.25, -0.2) is 0 Å². The minimum Gasteiger partial charge on any atom is -0.357 e. The summed E-state index contributed by atoms with van der Waals surface area (Å²) in [4.78, 5) is 15.3. The quantitative estimate of drug-likeness (QED) is 0.777. The van der Waals surface area contributed by atoms with Crippen molar-refractivity contribution in [2.75, 3.05) is 35.7 Å². The Balaban J connectivity index is 2.23. The molecule has 6 nitrogen and oxygen atoms in total. The molecule has 0 bridgehead atoms. The minimum absolute atomic E-state index is 0.548. The summed E-state index contributed by atoms with van der Waals surface area (Å²) in [5, 5.41) is 6.28. The maximum Gasteiger partial charge on any atom is 0.231 e. The van der Waals surface area contributed by atoms with Crippen LogP contribution in [0.4, 0.5) is 17.8 Å². The highest BCUT2D eigenvalue weighted by atomic mass is 15.3.